The van der Waals surface area contributed by atoms with Gasteiger partial charge in [-0.1, -0.05) is 17.7 Å². The van der Waals surface area contributed by atoms with Gasteiger partial charge >= 0.3 is 5.97 Å². The molecule has 0 heterocycles. The van der Waals surface area contributed by atoms with E-state index >= 15 is 0 Å². The van der Waals surface area contributed by atoms with Crippen LogP contribution >= 0.6 is 11.6 Å². The van der Waals surface area contributed by atoms with Crippen molar-refractivity contribution in [1.29, 1.82) is 5.26 Å². The molecule has 0 aliphatic heterocycles. The molecule has 1 aromatic carbocycles. The monoisotopic (exact) mass is 237 g/mol. The second-order valence-corrected chi connectivity index (χ2v) is 3.63. The van der Waals surface area contributed by atoms with Crippen LogP contribution in [0.25, 0.3) is 0 Å². The zero-order valence-corrected chi connectivity index (χ0v) is 9.75. The number of rotatable bonds is 4. The summed E-state index contributed by atoms with van der Waals surface area (Å²) in [5.41, 5.74) is 1.37. The molecule has 0 fully saturated rings. The summed E-state index contributed by atoms with van der Waals surface area (Å²) in [5.74, 6) is -0.233. The van der Waals surface area contributed by atoms with Crippen LogP contribution in [0, 0.1) is 11.3 Å². The van der Waals surface area contributed by atoms with Crippen LogP contribution in [-0.2, 0) is 16.0 Å². The Bertz CT molecular complexity index is 424. The van der Waals surface area contributed by atoms with Crippen LogP contribution in [-0.4, -0.2) is 12.6 Å². The van der Waals surface area contributed by atoms with E-state index in [1.165, 1.54) is 0 Å². The van der Waals surface area contributed by atoms with Gasteiger partial charge in [0.2, 0.25) is 0 Å². The van der Waals surface area contributed by atoms with Gasteiger partial charge in [0.05, 0.1) is 18.2 Å². The van der Waals surface area contributed by atoms with Crippen molar-refractivity contribution in [3.05, 3.63) is 34.3 Å². The van der Waals surface area contributed by atoms with E-state index in [9.17, 15) is 4.79 Å². The minimum absolute atomic E-state index is 0.233. The summed E-state index contributed by atoms with van der Waals surface area (Å²) in [7, 11) is 0. The fraction of sp³-hybridized carbons (Fsp3) is 0.333. The molecule has 0 unspecified atom stereocenters. The van der Waals surface area contributed by atoms with E-state index in [0.717, 1.165) is 5.56 Å². The van der Waals surface area contributed by atoms with Crippen LogP contribution in [0.3, 0.4) is 0 Å². The summed E-state index contributed by atoms with van der Waals surface area (Å²) < 4.78 is 4.81. The highest BCUT2D eigenvalue weighted by Gasteiger charge is 2.06. The molecule has 0 spiro atoms. The van der Waals surface area contributed by atoms with Crippen LogP contribution in [0.15, 0.2) is 18.2 Å². The Morgan fingerprint density at radius 2 is 2.31 bits per heavy atom. The van der Waals surface area contributed by atoms with Gasteiger partial charge in [-0.3, -0.25) is 4.79 Å². The molecular weight excluding hydrogens is 226 g/mol. The number of esters is 1. The molecule has 0 saturated heterocycles. The molecule has 0 saturated carbocycles. The molecule has 16 heavy (non-hydrogen) atoms. The largest absolute Gasteiger partial charge is 0.466 e. The molecule has 0 aliphatic carbocycles. The molecule has 0 bridgehead atoms. The van der Waals surface area contributed by atoms with Crippen LogP contribution in [0.5, 0.6) is 0 Å². The Hall–Kier alpha value is -1.53. The summed E-state index contributed by atoms with van der Waals surface area (Å²) in [6.45, 7) is 2.16. The summed E-state index contributed by atoms with van der Waals surface area (Å²) in [6.07, 6.45) is 0.836. The van der Waals surface area contributed by atoms with Crippen molar-refractivity contribution in [2.75, 3.05) is 6.61 Å². The van der Waals surface area contributed by atoms with Gasteiger partial charge in [-0.05, 0) is 31.0 Å². The number of aryl methyl sites for hydroxylation is 1. The average molecular weight is 238 g/mol. The number of ether oxygens (including phenoxy) is 1. The van der Waals surface area contributed by atoms with Crippen molar-refractivity contribution in [3.8, 4) is 6.07 Å². The zero-order valence-electron chi connectivity index (χ0n) is 9.00. The van der Waals surface area contributed by atoms with Crippen molar-refractivity contribution < 1.29 is 9.53 Å². The quantitative estimate of drug-likeness (QED) is 0.757. The lowest BCUT2D eigenvalue weighted by atomic mass is 10.1. The third-order valence-corrected chi connectivity index (χ3v) is 2.44. The maximum atomic E-state index is 11.1. The number of carbonyl (C=O) groups is 1. The summed E-state index contributed by atoms with van der Waals surface area (Å²) in [4.78, 5) is 11.1. The van der Waals surface area contributed by atoms with Gasteiger partial charge in [-0.25, -0.2) is 0 Å². The Morgan fingerprint density at radius 1 is 1.56 bits per heavy atom. The Balaban J connectivity index is 2.62. The molecule has 1 aromatic rings. The normalized spacial score (nSPS) is 9.56. The molecule has 0 aromatic heterocycles. The molecule has 0 amide bonds. The first-order valence-corrected chi connectivity index (χ1v) is 5.39. The smallest absolute Gasteiger partial charge is 0.306 e. The lowest BCUT2D eigenvalue weighted by Crippen LogP contribution is -2.05. The number of benzene rings is 1. The summed E-state index contributed by atoms with van der Waals surface area (Å²) in [6, 6.07) is 7.05. The molecule has 0 N–H and O–H groups in total. The predicted octanol–water partition coefficient (Wildman–Crippen LogP) is 2.71. The van der Waals surface area contributed by atoms with Crippen molar-refractivity contribution >= 4 is 17.6 Å². The van der Waals surface area contributed by atoms with Crippen molar-refractivity contribution in [2.45, 2.75) is 19.8 Å². The van der Waals surface area contributed by atoms with Crippen molar-refractivity contribution in [2.24, 2.45) is 0 Å². The number of hydrogen-bond donors (Lipinski definition) is 0. The van der Waals surface area contributed by atoms with Gasteiger partial charge in [-0.15, -0.1) is 0 Å². The summed E-state index contributed by atoms with van der Waals surface area (Å²) in [5, 5.41) is 9.18. The Kier molecular flexibility index (Phi) is 4.81. The highest BCUT2D eigenvalue weighted by Crippen LogP contribution is 2.19. The fourth-order valence-corrected chi connectivity index (χ4v) is 1.56. The minimum atomic E-state index is -0.233. The van der Waals surface area contributed by atoms with Gasteiger partial charge in [0.15, 0.2) is 0 Å². The van der Waals surface area contributed by atoms with Gasteiger partial charge < -0.3 is 4.74 Å². The highest BCUT2D eigenvalue weighted by molar-refractivity contribution is 6.31. The van der Waals surface area contributed by atoms with Crippen LogP contribution in [0.1, 0.15) is 24.5 Å². The average Bonchev–Trinajstić information content (AvgIpc) is 2.27. The molecule has 0 radical (unpaired) electrons. The SMILES string of the molecule is CCOC(=O)CCc1ccc(C#N)cc1Cl. The fourth-order valence-electron chi connectivity index (χ4n) is 1.29. The number of halogens is 1. The Labute approximate surface area is 99.6 Å². The van der Waals surface area contributed by atoms with Gasteiger partial charge in [0, 0.05) is 11.4 Å². The molecule has 1 rings (SSSR count). The lowest BCUT2D eigenvalue weighted by molar-refractivity contribution is -0.143. The lowest BCUT2D eigenvalue weighted by Gasteiger charge is -2.04. The van der Waals surface area contributed by atoms with E-state index in [1.807, 2.05) is 6.07 Å². The number of hydrogen-bond acceptors (Lipinski definition) is 3. The first-order chi connectivity index (χ1) is 7.67. The van der Waals surface area contributed by atoms with E-state index < -0.39 is 0 Å². The molecule has 0 atom stereocenters. The summed E-state index contributed by atoms with van der Waals surface area (Å²) >= 11 is 5.97. The second kappa shape index (κ2) is 6.14. The molecular formula is C12H12ClNO2. The molecule has 3 nitrogen and oxygen atoms in total. The third kappa shape index (κ3) is 3.56. The number of nitriles is 1. The van der Waals surface area contributed by atoms with E-state index in [0.29, 0.717) is 30.0 Å². The predicted molar refractivity (Wildman–Crippen MR) is 61.1 cm³/mol. The number of carbonyl (C=O) groups excluding carboxylic acids is 1. The van der Waals surface area contributed by atoms with E-state index in [1.54, 1.807) is 25.1 Å². The van der Waals surface area contributed by atoms with Gasteiger partial charge in [0.25, 0.3) is 0 Å². The molecule has 0 aliphatic rings. The minimum Gasteiger partial charge on any atom is -0.466 e. The van der Waals surface area contributed by atoms with E-state index in [-0.39, 0.29) is 5.97 Å². The van der Waals surface area contributed by atoms with E-state index in [2.05, 4.69) is 0 Å². The van der Waals surface area contributed by atoms with Crippen molar-refractivity contribution in [3.63, 3.8) is 0 Å². The Morgan fingerprint density at radius 3 is 2.88 bits per heavy atom. The van der Waals surface area contributed by atoms with Crippen LogP contribution in [0.2, 0.25) is 5.02 Å². The van der Waals surface area contributed by atoms with Crippen LogP contribution in [0.4, 0.5) is 0 Å². The maximum Gasteiger partial charge on any atom is 0.306 e. The highest BCUT2D eigenvalue weighted by atomic mass is 35.5. The van der Waals surface area contributed by atoms with E-state index in [4.69, 9.17) is 21.6 Å². The third-order valence-electron chi connectivity index (χ3n) is 2.09. The molecule has 4 heteroatoms. The zero-order chi connectivity index (χ0) is 12.0. The van der Waals surface area contributed by atoms with Gasteiger partial charge in [0.1, 0.15) is 0 Å². The molecule has 84 valence electrons. The van der Waals surface area contributed by atoms with Crippen molar-refractivity contribution in [1.82, 2.24) is 0 Å². The van der Waals surface area contributed by atoms with Gasteiger partial charge in [-0.2, -0.15) is 5.26 Å². The topological polar surface area (TPSA) is 50.1 Å². The first-order valence-electron chi connectivity index (χ1n) is 5.01. The van der Waals surface area contributed by atoms with Crippen LogP contribution < -0.4 is 0 Å². The standard InChI is InChI=1S/C12H12ClNO2/c1-2-16-12(15)6-5-10-4-3-9(8-14)7-11(10)13/h3-4,7H,2,5-6H2,1H3. The maximum absolute atomic E-state index is 11.1. The first kappa shape index (κ1) is 12.5. The number of nitrogens with zero attached hydrogens (tertiary/aromatic N) is 1. The second-order valence-electron chi connectivity index (χ2n) is 3.22.